The molecule has 0 bridgehead atoms. The minimum absolute atomic E-state index is 0.166. The van der Waals surface area contributed by atoms with Crippen LogP contribution in [0, 0.1) is 30.5 Å². The maximum Gasteiger partial charge on any atom is 0.335 e. The summed E-state index contributed by atoms with van der Waals surface area (Å²) in [4.78, 5) is 11.6. The van der Waals surface area contributed by atoms with Crippen LogP contribution in [0.5, 0.6) is 0 Å². The highest BCUT2D eigenvalue weighted by atomic mass is 19.1. The molecule has 0 saturated carbocycles. The van der Waals surface area contributed by atoms with E-state index < -0.39 is 17.7 Å². The number of carboxylic acids is 1. The molecule has 3 aromatic carbocycles. The predicted molar refractivity (Wildman–Crippen MR) is 130 cm³/mol. The van der Waals surface area contributed by atoms with Gasteiger partial charge in [-0.2, -0.15) is 0 Å². The standard InChI is InChI=1S/C28H25FN2O3/c1-15-12-21(16(2)24(30)14-18-8-4-5-9-19(18)28(32)33)27-22(13-15)25(31)17(3)26(34-27)20-10-6-7-11-23(20)29/h4-13,16,30-31H,14H2,1-3H3,(H,32,33). The lowest BCUT2D eigenvalue weighted by Gasteiger charge is -2.19. The number of hydrogen-bond acceptors (Lipinski definition) is 4. The lowest BCUT2D eigenvalue weighted by molar-refractivity contribution is 0.0696. The van der Waals surface area contributed by atoms with Crippen LogP contribution in [-0.2, 0) is 6.42 Å². The van der Waals surface area contributed by atoms with Crippen LogP contribution in [0.2, 0.25) is 0 Å². The van der Waals surface area contributed by atoms with Gasteiger partial charge in [-0.1, -0.05) is 43.3 Å². The zero-order valence-corrected chi connectivity index (χ0v) is 19.2. The SMILES string of the molecule is Cc1cc(C(C)C(=N)Cc2ccccc2C(=O)O)c2oc(-c3ccccc3F)c(C)c(=N)c2c1. The van der Waals surface area contributed by atoms with Gasteiger partial charge in [-0.15, -0.1) is 0 Å². The second kappa shape index (κ2) is 9.06. The second-order valence-electron chi connectivity index (χ2n) is 8.53. The van der Waals surface area contributed by atoms with Crippen molar-refractivity contribution in [2.45, 2.75) is 33.1 Å². The van der Waals surface area contributed by atoms with Gasteiger partial charge in [0.05, 0.1) is 16.5 Å². The normalized spacial score (nSPS) is 12.0. The number of rotatable bonds is 6. The molecule has 1 atom stereocenters. The smallest absolute Gasteiger partial charge is 0.335 e. The maximum absolute atomic E-state index is 14.6. The van der Waals surface area contributed by atoms with Crippen molar-refractivity contribution >= 4 is 22.7 Å². The summed E-state index contributed by atoms with van der Waals surface area (Å²) < 4.78 is 20.8. The summed E-state index contributed by atoms with van der Waals surface area (Å²) in [6.45, 7) is 5.52. The first-order chi connectivity index (χ1) is 16.2. The molecular formula is C28H25FN2O3. The third kappa shape index (κ3) is 4.15. The molecule has 1 aromatic heterocycles. The highest BCUT2D eigenvalue weighted by molar-refractivity contribution is 5.97. The fourth-order valence-electron chi connectivity index (χ4n) is 4.25. The molecule has 0 spiro atoms. The minimum Gasteiger partial charge on any atom is -0.478 e. The molecule has 4 aromatic rings. The van der Waals surface area contributed by atoms with Crippen molar-refractivity contribution in [3.63, 3.8) is 0 Å². The van der Waals surface area contributed by atoms with Gasteiger partial charge in [0.15, 0.2) is 0 Å². The fourth-order valence-corrected chi connectivity index (χ4v) is 4.25. The van der Waals surface area contributed by atoms with E-state index in [0.29, 0.717) is 33.4 Å². The number of hydrogen-bond donors (Lipinski definition) is 3. The molecule has 5 nitrogen and oxygen atoms in total. The first-order valence-electron chi connectivity index (χ1n) is 10.9. The molecule has 4 rings (SSSR count). The van der Waals surface area contributed by atoms with E-state index in [2.05, 4.69) is 0 Å². The number of fused-ring (bicyclic) bond motifs is 1. The summed E-state index contributed by atoms with van der Waals surface area (Å²) in [6, 6.07) is 16.7. The maximum atomic E-state index is 14.6. The van der Waals surface area contributed by atoms with E-state index in [1.807, 2.05) is 26.0 Å². The Hall–Kier alpha value is -4.06. The number of carbonyl (C=O) groups is 1. The largest absolute Gasteiger partial charge is 0.478 e. The Morgan fingerprint density at radius 3 is 2.47 bits per heavy atom. The van der Waals surface area contributed by atoms with Gasteiger partial charge in [0.1, 0.15) is 17.2 Å². The van der Waals surface area contributed by atoms with Gasteiger partial charge >= 0.3 is 5.97 Å². The zero-order chi connectivity index (χ0) is 24.6. The van der Waals surface area contributed by atoms with Crippen LogP contribution < -0.4 is 5.36 Å². The van der Waals surface area contributed by atoms with Crippen molar-refractivity contribution < 1.29 is 18.7 Å². The van der Waals surface area contributed by atoms with Crippen LogP contribution in [0.1, 0.15) is 45.5 Å². The summed E-state index contributed by atoms with van der Waals surface area (Å²) >= 11 is 0. The van der Waals surface area contributed by atoms with Crippen molar-refractivity contribution in [2.24, 2.45) is 0 Å². The number of carboxylic acid groups (broad SMARTS) is 1. The summed E-state index contributed by atoms with van der Waals surface area (Å²) in [5.41, 5.74) is 3.91. The Labute approximate surface area is 196 Å². The monoisotopic (exact) mass is 456 g/mol. The van der Waals surface area contributed by atoms with Gasteiger partial charge in [0.2, 0.25) is 0 Å². The Bertz CT molecular complexity index is 1500. The molecule has 0 fully saturated rings. The number of benzene rings is 3. The molecule has 1 heterocycles. The summed E-state index contributed by atoms with van der Waals surface area (Å²) in [5, 5.41) is 27.8. The number of halogens is 1. The predicted octanol–water partition coefficient (Wildman–Crippen LogP) is 6.40. The highest BCUT2D eigenvalue weighted by Crippen LogP contribution is 2.33. The van der Waals surface area contributed by atoms with E-state index >= 15 is 0 Å². The summed E-state index contributed by atoms with van der Waals surface area (Å²) in [7, 11) is 0. The third-order valence-corrected chi connectivity index (χ3v) is 6.19. The van der Waals surface area contributed by atoms with Gasteiger partial charge in [-0.05, 0) is 49.2 Å². The van der Waals surface area contributed by atoms with E-state index in [0.717, 1.165) is 5.56 Å². The number of aryl methyl sites for hydroxylation is 1. The average Bonchev–Trinajstić information content (AvgIpc) is 2.81. The molecule has 0 amide bonds. The van der Waals surface area contributed by atoms with Gasteiger partial charge < -0.3 is 14.9 Å². The lowest BCUT2D eigenvalue weighted by Crippen LogP contribution is -2.16. The average molecular weight is 457 g/mol. The van der Waals surface area contributed by atoms with Gasteiger partial charge in [-0.25, -0.2) is 9.18 Å². The third-order valence-electron chi connectivity index (χ3n) is 6.19. The molecule has 6 heteroatoms. The first-order valence-corrected chi connectivity index (χ1v) is 10.9. The van der Waals surface area contributed by atoms with Crippen molar-refractivity contribution in [3.05, 3.63) is 99.7 Å². The molecule has 0 aliphatic heterocycles. The quantitative estimate of drug-likeness (QED) is 0.293. The van der Waals surface area contributed by atoms with Gasteiger partial charge in [-0.3, -0.25) is 5.41 Å². The van der Waals surface area contributed by atoms with Gasteiger partial charge in [0.25, 0.3) is 0 Å². The Morgan fingerprint density at radius 1 is 1.09 bits per heavy atom. The molecule has 172 valence electrons. The molecule has 34 heavy (non-hydrogen) atoms. The van der Waals surface area contributed by atoms with E-state index in [-0.39, 0.29) is 28.7 Å². The molecule has 0 saturated heterocycles. The van der Waals surface area contributed by atoms with Crippen LogP contribution in [0.15, 0.2) is 65.1 Å². The van der Waals surface area contributed by atoms with E-state index in [1.54, 1.807) is 43.3 Å². The highest BCUT2D eigenvalue weighted by Gasteiger charge is 2.22. The van der Waals surface area contributed by atoms with Crippen molar-refractivity contribution in [1.29, 1.82) is 10.8 Å². The molecule has 0 aliphatic rings. The van der Waals surface area contributed by atoms with Crippen molar-refractivity contribution in [2.75, 3.05) is 0 Å². The number of aromatic carboxylic acids is 1. The van der Waals surface area contributed by atoms with Crippen LogP contribution in [0.4, 0.5) is 4.39 Å². The zero-order valence-electron chi connectivity index (χ0n) is 19.2. The van der Waals surface area contributed by atoms with Crippen LogP contribution >= 0.6 is 0 Å². The van der Waals surface area contributed by atoms with Crippen LogP contribution in [-0.4, -0.2) is 16.8 Å². The van der Waals surface area contributed by atoms with Crippen molar-refractivity contribution in [3.8, 4) is 11.3 Å². The Balaban J connectivity index is 1.85. The van der Waals surface area contributed by atoms with E-state index in [9.17, 15) is 14.3 Å². The van der Waals surface area contributed by atoms with E-state index in [1.165, 1.54) is 12.1 Å². The summed E-state index contributed by atoms with van der Waals surface area (Å²) in [6.07, 6.45) is 0.166. The van der Waals surface area contributed by atoms with Gasteiger partial charge in [0, 0.05) is 34.6 Å². The van der Waals surface area contributed by atoms with Crippen LogP contribution in [0.25, 0.3) is 22.3 Å². The second-order valence-corrected chi connectivity index (χ2v) is 8.53. The van der Waals surface area contributed by atoms with E-state index in [4.69, 9.17) is 15.2 Å². The first kappa shape index (κ1) is 23.1. The van der Waals surface area contributed by atoms with Crippen molar-refractivity contribution in [1.82, 2.24) is 0 Å². The molecular weight excluding hydrogens is 431 g/mol. The topological polar surface area (TPSA) is 98.1 Å². The minimum atomic E-state index is -1.03. The fraction of sp³-hybridized carbons (Fsp3) is 0.179. The Kier molecular flexibility index (Phi) is 6.16. The Morgan fingerprint density at radius 2 is 1.76 bits per heavy atom. The molecule has 0 radical (unpaired) electrons. The summed E-state index contributed by atoms with van der Waals surface area (Å²) in [5.74, 6) is -1.59. The molecule has 3 N–H and O–H groups in total. The number of nitrogens with one attached hydrogen (secondary N) is 2. The molecule has 0 aliphatic carbocycles. The van der Waals surface area contributed by atoms with Crippen LogP contribution in [0.3, 0.4) is 0 Å². The lowest BCUT2D eigenvalue weighted by atomic mass is 9.88. The molecule has 1 unspecified atom stereocenters.